The molecular weight excluding hydrogens is 330 g/mol. The van der Waals surface area contributed by atoms with Gasteiger partial charge < -0.3 is 14.8 Å². The fourth-order valence-corrected chi connectivity index (χ4v) is 2.72. The van der Waals surface area contributed by atoms with Crippen molar-refractivity contribution in [2.45, 2.75) is 52.1 Å². The van der Waals surface area contributed by atoms with E-state index in [0.717, 1.165) is 41.5 Å². The quantitative estimate of drug-likeness (QED) is 0.779. The highest BCUT2D eigenvalue weighted by molar-refractivity contribution is 9.10. The maximum absolute atomic E-state index is 5.92. The first kappa shape index (κ1) is 16.6. The fourth-order valence-electron chi connectivity index (χ4n) is 2.12. The maximum atomic E-state index is 5.92. The van der Waals surface area contributed by atoms with Gasteiger partial charge in [0.15, 0.2) is 11.5 Å². The zero-order valence-electron chi connectivity index (χ0n) is 13.5. The van der Waals surface area contributed by atoms with Gasteiger partial charge in [-0.1, -0.05) is 12.8 Å². The van der Waals surface area contributed by atoms with Crippen molar-refractivity contribution in [3.8, 4) is 11.5 Å². The van der Waals surface area contributed by atoms with Gasteiger partial charge in [0.1, 0.15) is 0 Å². The fraction of sp³-hybridized carbons (Fsp3) is 0.647. The van der Waals surface area contributed by atoms with E-state index in [0.29, 0.717) is 0 Å². The molecule has 1 fully saturated rings. The second-order valence-electron chi connectivity index (χ2n) is 6.79. The van der Waals surface area contributed by atoms with Crippen LogP contribution in [0.5, 0.6) is 11.5 Å². The Morgan fingerprint density at radius 2 is 2.00 bits per heavy atom. The first-order valence-electron chi connectivity index (χ1n) is 7.63. The first-order chi connectivity index (χ1) is 9.89. The molecule has 4 heteroatoms. The number of nitrogens with one attached hydrogen (secondary N) is 1. The average molecular weight is 356 g/mol. The summed E-state index contributed by atoms with van der Waals surface area (Å²) in [6.07, 6.45) is 3.86. The Labute approximate surface area is 136 Å². The van der Waals surface area contributed by atoms with E-state index in [1.54, 1.807) is 7.11 Å². The summed E-state index contributed by atoms with van der Waals surface area (Å²) in [5.74, 6) is 2.49. The van der Waals surface area contributed by atoms with Crippen molar-refractivity contribution in [1.29, 1.82) is 0 Å². The van der Waals surface area contributed by atoms with Gasteiger partial charge in [-0.2, -0.15) is 0 Å². The summed E-state index contributed by atoms with van der Waals surface area (Å²) in [5, 5.41) is 3.49. The number of halogens is 1. The Morgan fingerprint density at radius 1 is 1.29 bits per heavy atom. The molecule has 0 bridgehead atoms. The normalized spacial score (nSPS) is 15.1. The smallest absolute Gasteiger partial charge is 0.175 e. The molecule has 0 radical (unpaired) electrons. The van der Waals surface area contributed by atoms with Gasteiger partial charge in [-0.25, -0.2) is 0 Å². The molecule has 1 aromatic rings. The molecule has 2 rings (SSSR count). The Bertz CT molecular complexity index is 478. The third-order valence-electron chi connectivity index (χ3n) is 3.58. The predicted octanol–water partition coefficient (Wildman–Crippen LogP) is 4.52. The van der Waals surface area contributed by atoms with Crippen LogP contribution in [0.25, 0.3) is 0 Å². The molecule has 0 aromatic heterocycles. The second kappa shape index (κ2) is 7.01. The van der Waals surface area contributed by atoms with Gasteiger partial charge in [0, 0.05) is 12.1 Å². The van der Waals surface area contributed by atoms with Crippen molar-refractivity contribution in [2.24, 2.45) is 5.92 Å². The summed E-state index contributed by atoms with van der Waals surface area (Å²) in [6, 6.07) is 4.16. The van der Waals surface area contributed by atoms with Crippen LogP contribution in [0, 0.1) is 5.92 Å². The minimum Gasteiger partial charge on any atom is -0.493 e. The Hall–Kier alpha value is -0.740. The lowest BCUT2D eigenvalue weighted by atomic mass is 10.1. The van der Waals surface area contributed by atoms with E-state index in [1.165, 1.54) is 18.4 Å². The number of methoxy groups -OCH3 is 1. The molecule has 0 amide bonds. The van der Waals surface area contributed by atoms with Crippen LogP contribution in [-0.4, -0.2) is 19.3 Å². The van der Waals surface area contributed by atoms with E-state index in [4.69, 9.17) is 9.47 Å². The number of hydrogen-bond acceptors (Lipinski definition) is 3. The largest absolute Gasteiger partial charge is 0.493 e. The van der Waals surface area contributed by atoms with Crippen LogP contribution in [0.15, 0.2) is 16.6 Å². The zero-order chi connectivity index (χ0) is 15.5. The molecule has 1 aliphatic rings. The molecule has 0 atom stereocenters. The predicted molar refractivity (Wildman–Crippen MR) is 90.1 cm³/mol. The molecule has 1 aliphatic carbocycles. The van der Waals surface area contributed by atoms with Gasteiger partial charge in [0.05, 0.1) is 18.2 Å². The Balaban J connectivity index is 2.02. The maximum Gasteiger partial charge on any atom is 0.175 e. The van der Waals surface area contributed by atoms with E-state index in [1.807, 2.05) is 0 Å². The molecule has 0 saturated heterocycles. The molecule has 0 unspecified atom stereocenters. The first-order valence-corrected chi connectivity index (χ1v) is 8.42. The van der Waals surface area contributed by atoms with Gasteiger partial charge in [-0.05, 0) is 66.7 Å². The van der Waals surface area contributed by atoms with Crippen LogP contribution < -0.4 is 14.8 Å². The van der Waals surface area contributed by atoms with E-state index >= 15 is 0 Å². The zero-order valence-corrected chi connectivity index (χ0v) is 15.0. The summed E-state index contributed by atoms with van der Waals surface area (Å²) in [4.78, 5) is 0. The van der Waals surface area contributed by atoms with Crippen molar-refractivity contribution < 1.29 is 9.47 Å². The third-order valence-corrected chi connectivity index (χ3v) is 4.17. The number of rotatable bonds is 7. The van der Waals surface area contributed by atoms with E-state index in [9.17, 15) is 0 Å². The van der Waals surface area contributed by atoms with Gasteiger partial charge in [-0.15, -0.1) is 0 Å². The van der Waals surface area contributed by atoms with Gasteiger partial charge in [-0.3, -0.25) is 0 Å². The second-order valence-corrected chi connectivity index (χ2v) is 7.65. The van der Waals surface area contributed by atoms with Crippen LogP contribution in [-0.2, 0) is 6.54 Å². The molecule has 118 valence electrons. The van der Waals surface area contributed by atoms with Crippen molar-refractivity contribution >= 4 is 15.9 Å². The summed E-state index contributed by atoms with van der Waals surface area (Å²) in [6.45, 7) is 8.05. The van der Waals surface area contributed by atoms with Crippen LogP contribution in [0.1, 0.15) is 45.6 Å². The number of ether oxygens (including phenoxy) is 2. The summed E-state index contributed by atoms with van der Waals surface area (Å²) in [5.41, 5.74) is 1.28. The lowest BCUT2D eigenvalue weighted by Crippen LogP contribution is -2.35. The number of benzene rings is 1. The van der Waals surface area contributed by atoms with Crippen LogP contribution in [0.2, 0.25) is 0 Å². The lowest BCUT2D eigenvalue weighted by molar-refractivity contribution is 0.281. The SMILES string of the molecule is COc1cc(CNC(C)(C)C)cc(Br)c1OCCC1CC1. The van der Waals surface area contributed by atoms with E-state index < -0.39 is 0 Å². The molecule has 0 aliphatic heterocycles. The van der Waals surface area contributed by atoms with E-state index in [2.05, 4.69) is 54.2 Å². The van der Waals surface area contributed by atoms with Gasteiger partial charge in [0.2, 0.25) is 0 Å². The molecule has 21 heavy (non-hydrogen) atoms. The highest BCUT2D eigenvalue weighted by Gasteiger charge is 2.21. The van der Waals surface area contributed by atoms with Crippen LogP contribution >= 0.6 is 15.9 Å². The van der Waals surface area contributed by atoms with Crippen molar-refractivity contribution in [3.05, 3.63) is 22.2 Å². The highest BCUT2D eigenvalue weighted by atomic mass is 79.9. The third kappa shape index (κ3) is 5.51. The van der Waals surface area contributed by atoms with E-state index in [-0.39, 0.29) is 5.54 Å². The minimum absolute atomic E-state index is 0.0964. The lowest BCUT2D eigenvalue weighted by Gasteiger charge is -2.21. The van der Waals surface area contributed by atoms with Crippen molar-refractivity contribution in [3.63, 3.8) is 0 Å². The van der Waals surface area contributed by atoms with Gasteiger partial charge >= 0.3 is 0 Å². The minimum atomic E-state index is 0.0964. The van der Waals surface area contributed by atoms with Crippen LogP contribution in [0.3, 0.4) is 0 Å². The molecule has 1 saturated carbocycles. The molecule has 3 nitrogen and oxygen atoms in total. The van der Waals surface area contributed by atoms with Crippen LogP contribution in [0.4, 0.5) is 0 Å². The monoisotopic (exact) mass is 355 g/mol. The Morgan fingerprint density at radius 3 is 2.57 bits per heavy atom. The Kier molecular flexibility index (Phi) is 5.55. The average Bonchev–Trinajstić information content (AvgIpc) is 3.21. The summed E-state index contributed by atoms with van der Waals surface area (Å²) < 4.78 is 12.4. The molecule has 0 heterocycles. The standard InChI is InChI=1S/C17H26BrNO2/c1-17(2,3)19-11-13-9-14(18)16(15(10-13)20-4)21-8-7-12-5-6-12/h9-10,12,19H,5-8,11H2,1-4H3. The van der Waals surface area contributed by atoms with Crippen molar-refractivity contribution in [2.75, 3.05) is 13.7 Å². The molecular formula is C17H26BrNO2. The topological polar surface area (TPSA) is 30.5 Å². The number of hydrogen-bond donors (Lipinski definition) is 1. The highest BCUT2D eigenvalue weighted by Crippen LogP contribution is 2.38. The van der Waals surface area contributed by atoms with Gasteiger partial charge in [0.25, 0.3) is 0 Å². The molecule has 1 aromatic carbocycles. The summed E-state index contributed by atoms with van der Waals surface area (Å²) >= 11 is 3.61. The molecule has 0 spiro atoms. The summed E-state index contributed by atoms with van der Waals surface area (Å²) in [7, 11) is 1.69. The van der Waals surface area contributed by atoms with Crippen molar-refractivity contribution in [1.82, 2.24) is 5.32 Å². The molecule has 1 N–H and O–H groups in total.